The van der Waals surface area contributed by atoms with Gasteiger partial charge in [-0.15, -0.1) is 0 Å². The molecule has 10 aliphatic heterocycles. The van der Waals surface area contributed by atoms with Gasteiger partial charge in [-0.2, -0.15) is 8.42 Å². The van der Waals surface area contributed by atoms with Crippen molar-refractivity contribution in [3.63, 3.8) is 0 Å². The topological polar surface area (TPSA) is 370 Å². The molecule has 0 aromatic heterocycles. The molecule has 5 fully saturated rings. The molecule has 15 atom stereocenters. The van der Waals surface area contributed by atoms with Crippen LogP contribution in [-0.2, 0) is 86.0 Å². The molecule has 7 aromatic carbocycles. The van der Waals surface area contributed by atoms with Crippen molar-refractivity contribution in [3.8, 4) is 28.7 Å². The van der Waals surface area contributed by atoms with E-state index in [-0.39, 0.29) is 114 Å². The first kappa shape index (κ1) is 87.3. The molecule has 5 saturated heterocycles. The van der Waals surface area contributed by atoms with E-state index in [1.54, 1.807) is 37.3 Å². The average Bonchev–Trinajstić information content (AvgIpc) is 0.709. The van der Waals surface area contributed by atoms with E-state index in [9.17, 15) is 74.1 Å². The van der Waals surface area contributed by atoms with Crippen molar-refractivity contribution in [2.75, 3.05) is 105 Å². The highest BCUT2D eigenvalue weighted by Gasteiger charge is 2.45. The summed E-state index contributed by atoms with van der Waals surface area (Å²) in [7, 11) is -4.56. The van der Waals surface area contributed by atoms with Gasteiger partial charge in [0.1, 0.15) is 35.4 Å². The monoisotopic (exact) mass is 2060 g/mol. The Balaban J connectivity index is 0.000000187. The van der Waals surface area contributed by atoms with Crippen LogP contribution in [0, 0.1) is 66.1 Å². The summed E-state index contributed by atoms with van der Waals surface area (Å²) in [5.41, 5.74) is 15.3. The largest absolute Gasteiger partial charge is 0.508 e. The zero-order valence-corrected chi connectivity index (χ0v) is 87.5. The van der Waals surface area contributed by atoms with Crippen LogP contribution in [-0.4, -0.2) is 240 Å². The maximum Gasteiger partial charge on any atom is 0.296 e. The van der Waals surface area contributed by atoms with E-state index in [0.717, 1.165) is 206 Å². The van der Waals surface area contributed by atoms with Crippen molar-refractivity contribution in [1.82, 2.24) is 24.5 Å². The summed E-state index contributed by atoms with van der Waals surface area (Å²) in [6.07, 6.45) is -7.10. The maximum absolute atomic E-state index is 13.7. The van der Waals surface area contributed by atoms with Crippen LogP contribution in [0.1, 0.15) is 343 Å². The minimum absolute atomic E-state index is 0.00416. The van der Waals surface area contributed by atoms with E-state index >= 15 is 0 Å². The van der Waals surface area contributed by atoms with Crippen molar-refractivity contribution in [3.05, 3.63) is 210 Å². The van der Waals surface area contributed by atoms with Gasteiger partial charge >= 0.3 is 0 Å². The number of fused-ring (bicyclic) bond motifs is 15. The lowest BCUT2D eigenvalue weighted by atomic mass is 9.79. The molecular weight excluding hydrogens is 1860 g/mol. The van der Waals surface area contributed by atoms with Crippen molar-refractivity contribution < 1.29 is 136 Å². The van der Waals surface area contributed by atoms with Crippen LogP contribution < -0.4 is 14.2 Å². The minimum atomic E-state index is -4.56. The van der Waals surface area contributed by atoms with Crippen LogP contribution in [0.5, 0.6) is 28.7 Å². The van der Waals surface area contributed by atoms with Crippen molar-refractivity contribution in [2.24, 2.45) is 59.2 Å². The lowest BCUT2D eigenvalue weighted by Crippen LogP contribution is -2.48. The molecule has 14 N–H and O–H groups in total. The summed E-state index contributed by atoms with van der Waals surface area (Å²) < 4.78 is 235. The van der Waals surface area contributed by atoms with Crippen LogP contribution in [0.2, 0.25) is 0 Å². The number of benzene rings is 7. The zero-order valence-electron chi connectivity index (χ0n) is 111. The number of hydrogen-bond donors (Lipinski definition) is 14. The molecule has 0 spiro atoms. The second-order valence-corrected chi connectivity index (χ2v) is 43.9. The lowest BCUT2D eigenvalue weighted by molar-refractivity contribution is -0.0192. The standard InChI is InChI=1S/C25H33NO3.C22H35NO3.C21H32FNO3.2C18H27NO3.C11H16O3S.C3H8O2/c1-17(2)10-20-14-26-9-8-19-12-25(29-16-18-6-4-3-5-7-18)21(15-27)11-22(19)23(26)13-24(20)28;1-4-5-8-26-22-11-16-6-7-23-13-17(9-15(2)3)21(25)12-20(23)19(16)10-18(22)14-24;1-14(2)8-16-12-23-6-4-15-10-21(26-7-3-5-22)17(13-24)9-18(15)19(23)11-20(16)25;2*1-11(2)5-13-9-19-4-3-12-7-17(21)14(10-20)6-15(12)16(19)8-18(13)22;1-3-4-9-14-15(12,13)11-7-5-10(2)6-8-11;4-2-1-3-5/h3-7,11-12,17,20,23-24,27-28H,8-10,13-16H2,1-2H3;10-11,15,17,20-21,24-25H,4-9,12-14H2,1-3H3;9-10,14,16,19-20,24-25H,3-8,11-13H2,1-2H3;2*6-7,11,13,16,18,20-22H,3-5,8-10H2,1-2H3;5-8H,3-4,9H2,1-2H3;4-5H,1-3H2/t20-,23-,24-;17-,20-,21-;16-,19-,20-;2*13-,16-,18-;;/m11111../s1/i;4D2,5D2,8D2;3D2,5D2,7D2;;;3D2,4D2,9D2;1D2,2D2,3D2. The Labute approximate surface area is 899 Å². The van der Waals surface area contributed by atoms with Gasteiger partial charge in [0.25, 0.3) is 10.1 Å². The van der Waals surface area contributed by atoms with Gasteiger partial charge in [0.05, 0.1) is 111 Å². The number of hydrogen-bond acceptors (Lipinski definition) is 25. The molecule has 27 heteroatoms. The molecule has 7 aromatic rings. The zero-order chi connectivity index (χ0) is 126. The number of ether oxygens (including phenoxy) is 3. The third-order valence-corrected chi connectivity index (χ3v) is 30.8. The number of phenols is 2. The second-order valence-electron chi connectivity index (χ2n) is 42.3. The predicted molar refractivity (Wildman–Crippen MR) is 568 cm³/mol. The van der Waals surface area contributed by atoms with Gasteiger partial charge in [0.15, 0.2) is 0 Å². The van der Waals surface area contributed by atoms with E-state index in [1.807, 2.05) is 42.5 Å². The molecule has 10 heterocycles. The quantitative estimate of drug-likeness (QED) is 0.0170. The first-order valence-electron chi connectivity index (χ1n) is 63.6. The van der Waals surface area contributed by atoms with Gasteiger partial charge < -0.3 is 85.7 Å². The summed E-state index contributed by atoms with van der Waals surface area (Å²) in [6, 6.07) is 34.4. The van der Waals surface area contributed by atoms with Crippen LogP contribution in [0.25, 0.3) is 0 Å². The number of alkyl halides is 1. The molecule has 25 nitrogen and oxygen atoms in total. The molecular formula is C118H178FN5O20S. The molecule has 0 bridgehead atoms. The SMILES string of the molecule is CC(C)C[C@@H]1CN2CCc3cc(O)c(CO)cc3[C@H]2C[C@H]1O.CC(C)C[C@@H]1CN2CCc3cc(O)c(CO)cc3[C@H]2C[C@H]1O.CC(C)C[C@@H]1CN2CCc3cc(OCc4ccccc4)c(CO)cc3[C@H]2C[C@H]1O.[2H]C([2H])(C)C([2H])([2H])C([2H])([2H])OS(=O)(=O)c1ccc(C)cc1.[2H]C([2H])(C)C([2H])([2H])C([2H])([2H])Oc1cc2c(cc1CO)[C@H]1C[C@@H](O)[C@H](CC(C)C)CN1CC2.[2H]C([2H])(F)C([2H])([2H])C([2H])([2H])Oc1cc2c(cc1CO)[C@H]1C[C@@H](O)[C@H](CC(C)C)CN1CC2.[2H]C([2H])(O)C([2H])([2H])C([2H])([2H])O. The third-order valence-electron chi connectivity index (χ3n) is 29.7. The van der Waals surface area contributed by atoms with Gasteiger partial charge in [-0.1, -0.05) is 144 Å². The van der Waals surface area contributed by atoms with Crippen LogP contribution in [0.3, 0.4) is 0 Å². The van der Waals surface area contributed by atoms with Crippen molar-refractivity contribution >= 4 is 10.1 Å². The van der Waals surface area contributed by atoms with Gasteiger partial charge in [0, 0.05) is 159 Å². The number of aryl methyl sites for hydroxylation is 1. The van der Waals surface area contributed by atoms with Gasteiger partial charge in [-0.3, -0.25) is 33.1 Å². The molecule has 0 amide bonds. The molecule has 0 radical (unpaired) electrons. The Bertz CT molecular complexity index is 6150. The maximum atomic E-state index is 13.7. The van der Waals surface area contributed by atoms with Crippen LogP contribution in [0.15, 0.2) is 120 Å². The van der Waals surface area contributed by atoms with Crippen LogP contribution in [0.4, 0.5) is 4.39 Å². The molecule has 0 unspecified atom stereocenters. The number of aliphatic hydroxyl groups is 12. The summed E-state index contributed by atoms with van der Waals surface area (Å²) in [6.45, 7) is 13.1. The number of aromatic hydroxyl groups is 2. The molecule has 0 aliphatic carbocycles. The number of halogens is 1. The molecule has 808 valence electrons. The van der Waals surface area contributed by atoms with E-state index in [2.05, 4.69) is 110 Å². The average molecular weight is 2060 g/mol. The molecule has 0 saturated carbocycles. The number of piperidine rings is 5. The Morgan fingerprint density at radius 2 is 0.655 bits per heavy atom. The molecule has 145 heavy (non-hydrogen) atoms. The third kappa shape index (κ3) is 32.9. The number of aliphatic hydroxyl groups excluding tert-OH is 10. The summed E-state index contributed by atoms with van der Waals surface area (Å²) >= 11 is 0. The smallest absolute Gasteiger partial charge is 0.296 e. The number of rotatable bonds is 33. The highest BCUT2D eigenvalue weighted by Crippen LogP contribution is 2.49. The predicted octanol–water partition coefficient (Wildman–Crippen LogP) is 17.3. The summed E-state index contributed by atoms with van der Waals surface area (Å²) in [5.74, 6) is 5.31. The van der Waals surface area contributed by atoms with Crippen molar-refractivity contribution in [1.29, 1.82) is 0 Å². The Morgan fingerprint density at radius 3 is 0.931 bits per heavy atom. The van der Waals surface area contributed by atoms with E-state index < -0.39 is 113 Å². The van der Waals surface area contributed by atoms with Gasteiger partial charge in [0.2, 0.25) is 0 Å². The van der Waals surface area contributed by atoms with E-state index in [1.165, 1.54) is 52.6 Å². The Morgan fingerprint density at radius 1 is 0.372 bits per heavy atom. The first-order chi connectivity index (χ1) is 78.1. The highest BCUT2D eigenvalue weighted by atomic mass is 32.2. The molecule has 10 aliphatic rings. The lowest BCUT2D eigenvalue weighted by Gasteiger charge is -2.46. The van der Waals surface area contributed by atoms with Gasteiger partial charge in [-0.25, -0.2) is 0 Å². The highest BCUT2D eigenvalue weighted by molar-refractivity contribution is 7.86. The van der Waals surface area contributed by atoms with Crippen molar-refractivity contribution in [2.45, 2.75) is 330 Å². The first-order valence-corrected chi connectivity index (χ1v) is 53.0. The molecule has 17 rings (SSSR count). The Hall–Kier alpha value is -7.30. The Kier molecular flexibility index (Phi) is 34.8. The number of nitrogens with zero attached hydrogens (tertiary/aromatic N) is 5. The van der Waals surface area contributed by atoms with Crippen LogP contribution >= 0.6 is 0 Å². The fourth-order valence-corrected chi connectivity index (χ4v) is 23.6. The van der Waals surface area contributed by atoms with E-state index in [0.29, 0.717) is 96.3 Å². The fraction of sp³-hybridized carbons (Fsp3) is 0.644. The normalized spacial score (nSPS) is 27.9. The minimum Gasteiger partial charge on any atom is -0.508 e. The van der Waals surface area contributed by atoms with E-state index in [4.69, 9.17) is 57.3 Å². The summed E-state index contributed by atoms with van der Waals surface area (Å²) in [4.78, 5) is 11.8. The summed E-state index contributed by atoms with van der Waals surface area (Å²) in [5, 5.41) is 139. The van der Waals surface area contributed by atoms with Gasteiger partial charge in [-0.05, 0) is 316 Å². The second kappa shape index (κ2) is 57.8. The fourth-order valence-electron chi connectivity index (χ4n) is 22.9.